The Hall–Kier alpha value is -3.51. The van der Waals surface area contributed by atoms with Crippen molar-refractivity contribution in [3.8, 4) is 6.07 Å². The molecule has 0 aliphatic carbocycles. The van der Waals surface area contributed by atoms with Gasteiger partial charge in [-0.15, -0.1) is 11.8 Å². The van der Waals surface area contributed by atoms with Gasteiger partial charge in [-0.3, -0.25) is 14.2 Å². The third-order valence-corrected chi connectivity index (χ3v) is 5.92. The highest BCUT2D eigenvalue weighted by Crippen LogP contribution is 2.23. The Balaban J connectivity index is 1.41. The van der Waals surface area contributed by atoms with E-state index in [4.69, 9.17) is 9.68 Å². The number of rotatable bonds is 5. The van der Waals surface area contributed by atoms with Crippen LogP contribution in [0.4, 0.5) is 5.69 Å². The molecule has 1 atom stereocenters. The second kappa shape index (κ2) is 8.47. The predicted molar refractivity (Wildman–Crippen MR) is 113 cm³/mol. The van der Waals surface area contributed by atoms with Crippen LogP contribution in [0.25, 0.3) is 11.1 Å². The number of amides is 2. The van der Waals surface area contributed by atoms with Gasteiger partial charge in [-0.1, -0.05) is 12.1 Å². The van der Waals surface area contributed by atoms with Gasteiger partial charge in [-0.2, -0.15) is 5.26 Å². The van der Waals surface area contributed by atoms with Crippen molar-refractivity contribution in [3.63, 3.8) is 0 Å². The van der Waals surface area contributed by atoms with Gasteiger partial charge in [0, 0.05) is 24.4 Å². The molecule has 0 radical (unpaired) electrons. The summed E-state index contributed by atoms with van der Waals surface area (Å²) in [5.41, 5.74) is 2.19. The van der Waals surface area contributed by atoms with Gasteiger partial charge in [0.2, 0.25) is 11.8 Å². The maximum Gasteiger partial charge on any atom is 0.419 e. The number of benzene rings is 2. The van der Waals surface area contributed by atoms with E-state index in [1.54, 1.807) is 48.5 Å². The fourth-order valence-electron chi connectivity index (χ4n) is 3.34. The molecular formula is C21H18N4O4S. The first kappa shape index (κ1) is 19.8. The number of nitriles is 1. The van der Waals surface area contributed by atoms with Crippen molar-refractivity contribution in [3.05, 3.63) is 64.6 Å². The molecule has 8 nitrogen and oxygen atoms in total. The molecule has 30 heavy (non-hydrogen) atoms. The Kier molecular flexibility index (Phi) is 5.59. The molecule has 152 valence electrons. The number of para-hydroxylation sites is 2. The minimum Gasteiger partial charge on any atom is -0.408 e. The lowest BCUT2D eigenvalue weighted by atomic mass is 10.2. The molecule has 9 heteroatoms. The number of aromatic nitrogens is 1. The molecule has 0 saturated carbocycles. The summed E-state index contributed by atoms with van der Waals surface area (Å²) >= 11 is 1.51. The number of hydrogen-bond donors (Lipinski definition) is 1. The highest BCUT2D eigenvalue weighted by molar-refractivity contribution is 7.99. The minimum absolute atomic E-state index is 0.0879. The maximum atomic E-state index is 12.8. The number of oxazole rings is 1. The van der Waals surface area contributed by atoms with E-state index in [1.807, 2.05) is 6.07 Å². The van der Waals surface area contributed by atoms with Gasteiger partial charge in [-0.05, 0) is 36.4 Å². The van der Waals surface area contributed by atoms with Crippen molar-refractivity contribution in [2.75, 3.05) is 16.9 Å². The van der Waals surface area contributed by atoms with Crippen LogP contribution in [-0.2, 0) is 16.1 Å². The number of carbonyl (C=O) groups excluding carboxylic acids is 2. The van der Waals surface area contributed by atoms with Crippen LogP contribution in [0.5, 0.6) is 0 Å². The van der Waals surface area contributed by atoms with Crippen LogP contribution in [0.1, 0.15) is 12.0 Å². The largest absolute Gasteiger partial charge is 0.419 e. The fraction of sp³-hybridized carbons (Fsp3) is 0.238. The third kappa shape index (κ3) is 3.95. The second-order valence-electron chi connectivity index (χ2n) is 6.79. The zero-order valence-electron chi connectivity index (χ0n) is 15.9. The fourth-order valence-corrected chi connectivity index (χ4v) is 4.52. The highest BCUT2D eigenvalue weighted by Gasteiger charge is 2.34. The number of thioether (sulfide) groups is 1. The van der Waals surface area contributed by atoms with Crippen LogP contribution in [0, 0.1) is 11.3 Å². The Bertz CT molecular complexity index is 1190. The Morgan fingerprint density at radius 3 is 2.73 bits per heavy atom. The lowest BCUT2D eigenvalue weighted by Gasteiger charge is -2.23. The molecule has 1 aliphatic heterocycles. The van der Waals surface area contributed by atoms with Crippen molar-refractivity contribution in [2.45, 2.75) is 19.0 Å². The van der Waals surface area contributed by atoms with E-state index in [9.17, 15) is 14.4 Å². The summed E-state index contributed by atoms with van der Waals surface area (Å²) in [7, 11) is 0. The maximum absolute atomic E-state index is 12.8. The van der Waals surface area contributed by atoms with Crippen LogP contribution >= 0.6 is 11.8 Å². The number of anilines is 1. The smallest absolute Gasteiger partial charge is 0.408 e. The van der Waals surface area contributed by atoms with Crippen molar-refractivity contribution in [1.29, 1.82) is 5.26 Å². The normalized spacial score (nSPS) is 15.8. The van der Waals surface area contributed by atoms with Crippen molar-refractivity contribution < 1.29 is 14.0 Å². The number of hydrogen-bond acceptors (Lipinski definition) is 6. The molecule has 1 saturated heterocycles. The lowest BCUT2D eigenvalue weighted by molar-refractivity contribution is -0.136. The first-order valence-corrected chi connectivity index (χ1v) is 10.5. The third-order valence-electron chi connectivity index (χ3n) is 4.91. The Morgan fingerprint density at radius 1 is 1.20 bits per heavy atom. The van der Waals surface area contributed by atoms with Crippen molar-refractivity contribution in [2.24, 2.45) is 0 Å². The number of fused-ring (bicyclic) bond motifs is 1. The Labute approximate surface area is 176 Å². The number of nitrogens with one attached hydrogen (secondary N) is 1. The van der Waals surface area contributed by atoms with Gasteiger partial charge in [0.1, 0.15) is 6.04 Å². The van der Waals surface area contributed by atoms with Crippen LogP contribution in [0.3, 0.4) is 0 Å². The van der Waals surface area contributed by atoms with E-state index in [-0.39, 0.29) is 24.8 Å². The van der Waals surface area contributed by atoms with Crippen molar-refractivity contribution in [1.82, 2.24) is 9.47 Å². The molecule has 0 spiro atoms. The van der Waals surface area contributed by atoms with E-state index in [0.29, 0.717) is 34.0 Å². The summed E-state index contributed by atoms with van der Waals surface area (Å²) in [6, 6.07) is 15.0. The molecule has 2 heterocycles. The summed E-state index contributed by atoms with van der Waals surface area (Å²) in [6.07, 6.45) is 0.0879. The molecule has 1 aromatic heterocycles. The van der Waals surface area contributed by atoms with E-state index in [1.165, 1.54) is 21.2 Å². The van der Waals surface area contributed by atoms with Gasteiger partial charge >= 0.3 is 5.76 Å². The van der Waals surface area contributed by atoms with Crippen LogP contribution in [0.2, 0.25) is 0 Å². The average Bonchev–Trinajstić information content (AvgIpc) is 3.37. The summed E-state index contributed by atoms with van der Waals surface area (Å²) in [5.74, 6) is -0.0515. The van der Waals surface area contributed by atoms with E-state index >= 15 is 0 Å². The molecule has 1 aliphatic rings. The molecule has 0 bridgehead atoms. The van der Waals surface area contributed by atoms with E-state index < -0.39 is 11.8 Å². The number of aryl methyl sites for hydroxylation is 1. The molecule has 1 unspecified atom stereocenters. The minimum atomic E-state index is -0.587. The molecule has 1 fully saturated rings. The predicted octanol–water partition coefficient (Wildman–Crippen LogP) is 2.40. The standard InChI is InChI=1S/C21H18N4O4S/c22-11-14-5-7-15(8-6-14)23-20(27)17-12-30-13-25(17)19(26)9-10-24-16-3-1-2-4-18(16)29-21(24)28/h1-8,17H,9-10,12-13H2,(H,23,27). The average molecular weight is 422 g/mol. The molecule has 2 aromatic carbocycles. The monoisotopic (exact) mass is 422 g/mol. The number of carbonyl (C=O) groups is 2. The number of nitrogens with zero attached hydrogens (tertiary/aromatic N) is 3. The molecular weight excluding hydrogens is 404 g/mol. The first-order chi connectivity index (χ1) is 14.6. The van der Waals surface area contributed by atoms with Gasteiger partial charge in [0.05, 0.1) is 23.0 Å². The summed E-state index contributed by atoms with van der Waals surface area (Å²) < 4.78 is 6.63. The molecule has 2 amide bonds. The van der Waals surface area contributed by atoms with Crippen molar-refractivity contribution >= 4 is 40.4 Å². The van der Waals surface area contributed by atoms with Gasteiger partial charge in [0.15, 0.2) is 5.58 Å². The van der Waals surface area contributed by atoms with Gasteiger partial charge in [-0.25, -0.2) is 4.79 Å². The molecule has 1 N–H and O–H groups in total. The quantitative estimate of drug-likeness (QED) is 0.676. The summed E-state index contributed by atoms with van der Waals surface area (Å²) in [6.45, 7) is 0.180. The van der Waals surface area contributed by atoms with Gasteiger partial charge < -0.3 is 14.6 Å². The zero-order chi connectivity index (χ0) is 21.1. The second-order valence-corrected chi connectivity index (χ2v) is 7.79. The molecule has 3 aromatic rings. The van der Waals surface area contributed by atoms with Gasteiger partial charge in [0.25, 0.3) is 0 Å². The van der Waals surface area contributed by atoms with Crippen LogP contribution in [-0.4, -0.2) is 39.0 Å². The SMILES string of the molecule is N#Cc1ccc(NC(=O)C2CSCN2C(=O)CCn2c(=O)oc3ccccc32)cc1. The Morgan fingerprint density at radius 2 is 1.97 bits per heavy atom. The van der Waals surface area contributed by atoms with Crippen LogP contribution < -0.4 is 11.1 Å². The van der Waals surface area contributed by atoms with E-state index in [2.05, 4.69) is 5.32 Å². The highest BCUT2D eigenvalue weighted by atomic mass is 32.2. The topological polar surface area (TPSA) is 108 Å². The lowest BCUT2D eigenvalue weighted by Crippen LogP contribution is -2.44. The zero-order valence-corrected chi connectivity index (χ0v) is 16.7. The molecule has 4 rings (SSSR count). The summed E-state index contributed by atoms with van der Waals surface area (Å²) in [4.78, 5) is 39.1. The van der Waals surface area contributed by atoms with Crippen LogP contribution in [0.15, 0.2) is 57.7 Å². The van der Waals surface area contributed by atoms with E-state index in [0.717, 1.165) is 0 Å². The first-order valence-electron chi connectivity index (χ1n) is 9.33. The summed E-state index contributed by atoms with van der Waals surface area (Å²) in [5, 5.41) is 11.7.